The van der Waals surface area contributed by atoms with Gasteiger partial charge in [-0.3, -0.25) is 10.1 Å². The van der Waals surface area contributed by atoms with Gasteiger partial charge >= 0.3 is 6.03 Å². The molecule has 0 fully saturated rings. The van der Waals surface area contributed by atoms with Crippen molar-refractivity contribution in [1.82, 2.24) is 10.6 Å². The number of urea groups is 1. The molecule has 1 unspecified atom stereocenters. The van der Waals surface area contributed by atoms with Gasteiger partial charge in [-0.15, -0.1) is 0 Å². The third kappa shape index (κ3) is 7.68. The van der Waals surface area contributed by atoms with E-state index in [-0.39, 0.29) is 12.5 Å². The number of carbonyl (C=O) groups is 2. The van der Waals surface area contributed by atoms with Gasteiger partial charge < -0.3 is 10.2 Å². The monoisotopic (exact) mass is 360 g/mol. The Kier molecular flexibility index (Phi) is 8.37. The normalized spacial score (nSPS) is 12.1. The van der Waals surface area contributed by atoms with Crippen molar-refractivity contribution in [2.24, 2.45) is 5.92 Å². The van der Waals surface area contributed by atoms with Crippen LogP contribution in [-0.4, -0.2) is 32.1 Å². The van der Waals surface area contributed by atoms with Gasteiger partial charge in [-0.25, -0.2) is 4.79 Å². The Morgan fingerprint density at radius 3 is 2.61 bits per heavy atom. The highest BCUT2D eigenvalue weighted by Crippen LogP contribution is 2.24. The Morgan fingerprint density at radius 1 is 1.26 bits per heavy atom. The number of hydrogen-bond acceptors (Lipinski definition) is 2. The van der Waals surface area contributed by atoms with E-state index in [9.17, 15) is 9.59 Å². The van der Waals surface area contributed by atoms with Gasteiger partial charge in [-0.05, 0) is 18.4 Å². The number of imide groups is 1. The van der Waals surface area contributed by atoms with Gasteiger partial charge in [0.2, 0.25) is 0 Å². The molecule has 0 aliphatic carbocycles. The van der Waals surface area contributed by atoms with Crippen LogP contribution in [0.5, 0.6) is 0 Å². The minimum absolute atomic E-state index is 0.167. The van der Waals surface area contributed by atoms with Gasteiger partial charge in [0, 0.05) is 12.1 Å². The topological polar surface area (TPSA) is 62.6 Å². The lowest BCUT2D eigenvalue weighted by Crippen LogP contribution is -3.09. The van der Waals surface area contributed by atoms with Crippen LogP contribution in [0, 0.1) is 5.92 Å². The van der Waals surface area contributed by atoms with Crippen LogP contribution in [0.25, 0.3) is 0 Å². The summed E-state index contributed by atoms with van der Waals surface area (Å²) in [6, 6.07) is 4.95. The van der Waals surface area contributed by atoms with Crippen LogP contribution in [-0.2, 0) is 11.3 Å². The third-order valence-electron chi connectivity index (χ3n) is 3.25. The average molecular weight is 361 g/mol. The van der Waals surface area contributed by atoms with E-state index < -0.39 is 6.03 Å². The molecule has 23 heavy (non-hydrogen) atoms. The van der Waals surface area contributed by atoms with E-state index in [1.54, 1.807) is 6.07 Å². The highest BCUT2D eigenvalue weighted by Gasteiger charge is 2.15. The Labute approximate surface area is 147 Å². The van der Waals surface area contributed by atoms with Crippen molar-refractivity contribution < 1.29 is 14.5 Å². The Hall–Kier alpha value is -1.30. The zero-order valence-electron chi connectivity index (χ0n) is 13.7. The fourth-order valence-corrected chi connectivity index (χ4v) is 2.42. The molecule has 0 saturated carbocycles. The molecule has 0 bridgehead atoms. The Bertz CT molecular complexity index is 550. The molecule has 0 aromatic heterocycles. The summed E-state index contributed by atoms with van der Waals surface area (Å²) >= 11 is 12.1. The van der Waals surface area contributed by atoms with Gasteiger partial charge in [0.25, 0.3) is 5.91 Å². The molecule has 3 amide bonds. The number of likely N-dealkylation sites (N-methyl/N-ethyl adjacent to an activating group) is 1. The molecule has 3 N–H and O–H groups in total. The molecule has 0 radical (unpaired) electrons. The van der Waals surface area contributed by atoms with E-state index in [1.807, 2.05) is 19.2 Å². The van der Waals surface area contributed by atoms with Crippen LogP contribution in [0.2, 0.25) is 10.0 Å². The van der Waals surface area contributed by atoms with Crippen molar-refractivity contribution in [3.8, 4) is 0 Å². The number of hydrogen-bond donors (Lipinski definition) is 3. The van der Waals surface area contributed by atoms with Crippen LogP contribution in [0.4, 0.5) is 4.79 Å². The molecule has 1 rings (SSSR count). The Balaban J connectivity index is 2.38. The van der Waals surface area contributed by atoms with Gasteiger partial charge in [0.15, 0.2) is 6.54 Å². The largest absolute Gasteiger partial charge is 0.338 e. The Morgan fingerprint density at radius 2 is 1.96 bits per heavy atom. The molecule has 0 spiro atoms. The molecule has 0 aliphatic heterocycles. The summed E-state index contributed by atoms with van der Waals surface area (Å²) in [4.78, 5) is 24.3. The predicted molar refractivity (Wildman–Crippen MR) is 92.9 cm³/mol. The minimum Gasteiger partial charge on any atom is -0.338 e. The summed E-state index contributed by atoms with van der Waals surface area (Å²) in [7, 11) is 1.85. The lowest BCUT2D eigenvalue weighted by molar-refractivity contribution is -0.885. The predicted octanol–water partition coefficient (Wildman–Crippen LogP) is 1.88. The fraction of sp³-hybridized carbons (Fsp3) is 0.500. The third-order valence-corrected chi connectivity index (χ3v) is 4.10. The highest BCUT2D eigenvalue weighted by atomic mass is 35.5. The SMILES string of the molecule is CC(C)CCNC(=O)NC(=O)C[NH+](C)Cc1cccc(Cl)c1Cl. The summed E-state index contributed by atoms with van der Waals surface area (Å²) in [5.74, 6) is 0.173. The summed E-state index contributed by atoms with van der Waals surface area (Å²) < 4.78 is 0. The molecule has 1 atom stereocenters. The van der Waals surface area contributed by atoms with Gasteiger partial charge in [0.05, 0.1) is 17.1 Å². The van der Waals surface area contributed by atoms with Crippen LogP contribution < -0.4 is 15.5 Å². The van der Waals surface area contributed by atoms with E-state index in [0.29, 0.717) is 29.1 Å². The van der Waals surface area contributed by atoms with Crippen LogP contribution in [0.3, 0.4) is 0 Å². The molecular formula is C16H24Cl2N3O2+. The van der Waals surface area contributed by atoms with E-state index in [1.165, 1.54) is 0 Å². The molecule has 0 aliphatic rings. The van der Waals surface area contributed by atoms with Crippen molar-refractivity contribution in [3.63, 3.8) is 0 Å². The number of nitrogens with one attached hydrogen (secondary N) is 3. The van der Waals surface area contributed by atoms with Crippen LogP contribution in [0.1, 0.15) is 25.8 Å². The maximum absolute atomic E-state index is 11.9. The van der Waals surface area contributed by atoms with Gasteiger partial charge in [-0.2, -0.15) is 0 Å². The lowest BCUT2D eigenvalue weighted by Gasteiger charge is -2.15. The second-order valence-corrected chi connectivity index (χ2v) is 6.80. The van der Waals surface area contributed by atoms with Gasteiger partial charge in [0.1, 0.15) is 6.54 Å². The van der Waals surface area contributed by atoms with Crippen LogP contribution in [0.15, 0.2) is 18.2 Å². The highest BCUT2D eigenvalue weighted by molar-refractivity contribution is 6.42. The van der Waals surface area contributed by atoms with Crippen molar-refractivity contribution in [2.45, 2.75) is 26.8 Å². The second-order valence-electron chi connectivity index (χ2n) is 6.01. The average Bonchev–Trinajstić information content (AvgIpc) is 2.43. The maximum Gasteiger partial charge on any atom is 0.321 e. The molecule has 128 valence electrons. The molecule has 7 heteroatoms. The number of quaternary nitrogens is 1. The molecule has 5 nitrogen and oxygen atoms in total. The minimum atomic E-state index is -0.454. The van der Waals surface area contributed by atoms with E-state index in [0.717, 1.165) is 16.9 Å². The first-order valence-electron chi connectivity index (χ1n) is 7.61. The first-order chi connectivity index (χ1) is 10.8. The quantitative estimate of drug-likeness (QED) is 0.695. The van der Waals surface area contributed by atoms with Crippen molar-refractivity contribution in [3.05, 3.63) is 33.8 Å². The summed E-state index contributed by atoms with van der Waals surface area (Å²) in [6.07, 6.45) is 0.875. The van der Waals surface area contributed by atoms with Gasteiger partial charge in [-0.1, -0.05) is 49.2 Å². The zero-order valence-corrected chi connectivity index (χ0v) is 15.2. The second kappa shape index (κ2) is 9.75. The van der Waals surface area contributed by atoms with E-state index in [2.05, 4.69) is 24.5 Å². The molecule has 0 saturated heterocycles. The van der Waals surface area contributed by atoms with Crippen molar-refractivity contribution in [1.29, 1.82) is 0 Å². The zero-order chi connectivity index (χ0) is 17.4. The van der Waals surface area contributed by atoms with Crippen molar-refractivity contribution in [2.75, 3.05) is 20.1 Å². The number of benzene rings is 1. The fourth-order valence-electron chi connectivity index (χ4n) is 2.04. The molecular weight excluding hydrogens is 337 g/mol. The number of rotatable bonds is 7. The summed E-state index contributed by atoms with van der Waals surface area (Å²) in [6.45, 7) is 5.41. The van der Waals surface area contributed by atoms with E-state index in [4.69, 9.17) is 23.2 Å². The maximum atomic E-state index is 11.9. The van der Waals surface area contributed by atoms with Crippen molar-refractivity contribution >= 4 is 35.1 Å². The number of carbonyl (C=O) groups excluding carboxylic acids is 2. The standard InChI is InChI=1S/C16H23Cl2N3O2/c1-11(2)7-8-19-16(23)20-14(22)10-21(3)9-12-5-4-6-13(17)15(12)18/h4-6,11H,7-10H2,1-3H3,(H2,19,20,22,23)/p+1. The molecule has 1 aromatic rings. The number of halogens is 2. The first kappa shape index (κ1) is 19.7. The number of amides is 3. The summed E-state index contributed by atoms with van der Waals surface area (Å²) in [5.41, 5.74) is 0.867. The smallest absolute Gasteiger partial charge is 0.321 e. The summed E-state index contributed by atoms with van der Waals surface area (Å²) in [5, 5.41) is 5.99. The van der Waals surface area contributed by atoms with E-state index >= 15 is 0 Å². The molecule has 0 heterocycles. The van der Waals surface area contributed by atoms with Crippen LogP contribution >= 0.6 is 23.2 Å². The first-order valence-corrected chi connectivity index (χ1v) is 8.37. The molecule has 1 aromatic carbocycles. The lowest BCUT2D eigenvalue weighted by atomic mass is 10.1.